The third-order valence-electron chi connectivity index (χ3n) is 2.95. The van der Waals surface area contributed by atoms with Gasteiger partial charge >= 0.3 is 0 Å². The number of benzene rings is 2. The molecule has 0 bridgehead atoms. The number of ketones is 1. The minimum atomic E-state index is -0.387. The molecule has 19 heavy (non-hydrogen) atoms. The first kappa shape index (κ1) is 13.5. The highest BCUT2D eigenvalue weighted by atomic mass is 19.1. The molecule has 0 unspecified atom stereocenters. The van der Waals surface area contributed by atoms with Gasteiger partial charge in [0.25, 0.3) is 0 Å². The van der Waals surface area contributed by atoms with Crippen molar-refractivity contribution in [3.05, 3.63) is 71.0 Å². The molecule has 0 heterocycles. The zero-order valence-corrected chi connectivity index (χ0v) is 11.2. The van der Waals surface area contributed by atoms with Crippen molar-refractivity contribution in [1.29, 1.82) is 0 Å². The molecule has 0 fully saturated rings. The van der Waals surface area contributed by atoms with Gasteiger partial charge < -0.3 is 0 Å². The molecule has 2 aromatic carbocycles. The lowest BCUT2D eigenvalue weighted by atomic mass is 9.98. The molecule has 98 valence electrons. The minimum Gasteiger partial charge on any atom is -0.289 e. The fraction of sp³-hybridized carbons (Fsp3) is 0.235. The van der Waals surface area contributed by atoms with Crippen LogP contribution in [0.1, 0.15) is 35.3 Å². The monoisotopic (exact) mass is 256 g/mol. The molecule has 0 amide bonds. The summed E-state index contributed by atoms with van der Waals surface area (Å²) in [5.74, 6) is 0.0580. The van der Waals surface area contributed by atoms with Gasteiger partial charge in [-0.05, 0) is 30.0 Å². The lowest BCUT2D eigenvalue weighted by molar-refractivity contribution is 0.103. The number of hydrogen-bond acceptors (Lipinski definition) is 1. The lowest BCUT2D eigenvalue weighted by Gasteiger charge is -2.06. The second kappa shape index (κ2) is 5.79. The van der Waals surface area contributed by atoms with E-state index in [-0.39, 0.29) is 11.6 Å². The van der Waals surface area contributed by atoms with Crippen molar-refractivity contribution in [2.75, 3.05) is 0 Å². The molecule has 0 aliphatic rings. The molecule has 0 saturated carbocycles. The second-order valence-corrected chi connectivity index (χ2v) is 5.13. The van der Waals surface area contributed by atoms with E-state index in [1.165, 1.54) is 17.7 Å². The normalized spacial score (nSPS) is 10.7. The summed E-state index contributed by atoms with van der Waals surface area (Å²) in [5, 5.41) is 0. The third kappa shape index (κ3) is 3.50. The summed E-state index contributed by atoms with van der Waals surface area (Å²) in [5.41, 5.74) is 2.19. The SMILES string of the molecule is CC(C)Cc1ccc(C(=O)c2cccc(F)c2)cc1. The van der Waals surface area contributed by atoms with E-state index in [2.05, 4.69) is 13.8 Å². The van der Waals surface area contributed by atoms with Crippen molar-refractivity contribution < 1.29 is 9.18 Å². The maximum atomic E-state index is 13.1. The molecule has 0 N–H and O–H groups in total. The van der Waals surface area contributed by atoms with Gasteiger partial charge in [0.1, 0.15) is 5.82 Å². The van der Waals surface area contributed by atoms with E-state index < -0.39 is 0 Å². The fourth-order valence-corrected chi connectivity index (χ4v) is 2.06. The van der Waals surface area contributed by atoms with Crippen LogP contribution in [0.5, 0.6) is 0 Å². The Kier molecular flexibility index (Phi) is 4.10. The van der Waals surface area contributed by atoms with E-state index in [0.717, 1.165) is 6.42 Å². The summed E-state index contributed by atoms with van der Waals surface area (Å²) in [6.07, 6.45) is 0.994. The van der Waals surface area contributed by atoms with E-state index in [0.29, 0.717) is 17.0 Å². The molecule has 0 radical (unpaired) electrons. The van der Waals surface area contributed by atoms with Gasteiger partial charge in [-0.3, -0.25) is 4.79 Å². The highest BCUT2D eigenvalue weighted by Crippen LogP contribution is 2.14. The molecule has 1 nitrogen and oxygen atoms in total. The molecule has 2 rings (SSSR count). The van der Waals surface area contributed by atoms with Crippen molar-refractivity contribution in [2.24, 2.45) is 5.92 Å². The minimum absolute atomic E-state index is 0.143. The van der Waals surface area contributed by atoms with E-state index >= 15 is 0 Å². The summed E-state index contributed by atoms with van der Waals surface area (Å²) >= 11 is 0. The highest BCUT2D eigenvalue weighted by molar-refractivity contribution is 6.08. The molecule has 0 atom stereocenters. The lowest BCUT2D eigenvalue weighted by Crippen LogP contribution is -2.02. The first-order valence-corrected chi connectivity index (χ1v) is 6.45. The van der Waals surface area contributed by atoms with E-state index in [9.17, 15) is 9.18 Å². The van der Waals surface area contributed by atoms with Crippen LogP contribution in [0.25, 0.3) is 0 Å². The van der Waals surface area contributed by atoms with Gasteiger partial charge in [0, 0.05) is 11.1 Å². The Balaban J connectivity index is 2.20. The maximum absolute atomic E-state index is 13.1. The Morgan fingerprint density at radius 2 is 1.74 bits per heavy atom. The van der Waals surface area contributed by atoms with Crippen molar-refractivity contribution in [3.8, 4) is 0 Å². The van der Waals surface area contributed by atoms with Gasteiger partial charge in [-0.15, -0.1) is 0 Å². The number of hydrogen-bond donors (Lipinski definition) is 0. The van der Waals surface area contributed by atoms with Crippen LogP contribution in [-0.2, 0) is 6.42 Å². The Bertz CT molecular complexity index is 570. The Morgan fingerprint density at radius 1 is 1.05 bits per heavy atom. The van der Waals surface area contributed by atoms with E-state index in [4.69, 9.17) is 0 Å². The molecular weight excluding hydrogens is 239 g/mol. The van der Waals surface area contributed by atoms with Gasteiger partial charge in [0.15, 0.2) is 5.78 Å². The highest BCUT2D eigenvalue weighted by Gasteiger charge is 2.09. The molecule has 0 aliphatic carbocycles. The number of carbonyl (C=O) groups is 1. The summed E-state index contributed by atoms with van der Waals surface area (Å²) in [4.78, 5) is 12.2. The van der Waals surface area contributed by atoms with Crippen molar-refractivity contribution in [3.63, 3.8) is 0 Å². The molecule has 2 aromatic rings. The topological polar surface area (TPSA) is 17.1 Å². The Hall–Kier alpha value is -1.96. The second-order valence-electron chi connectivity index (χ2n) is 5.13. The molecule has 0 aliphatic heterocycles. The standard InChI is InChI=1S/C17H17FO/c1-12(2)10-13-6-8-14(9-7-13)17(19)15-4-3-5-16(18)11-15/h3-9,11-12H,10H2,1-2H3. The predicted octanol–water partition coefficient (Wildman–Crippen LogP) is 4.26. The van der Waals surface area contributed by atoms with Crippen LogP contribution in [0.3, 0.4) is 0 Å². The van der Waals surface area contributed by atoms with E-state index in [1.807, 2.05) is 24.3 Å². The molecule has 0 aromatic heterocycles. The van der Waals surface area contributed by atoms with Crippen LogP contribution >= 0.6 is 0 Å². The third-order valence-corrected chi connectivity index (χ3v) is 2.95. The van der Waals surface area contributed by atoms with Crippen LogP contribution in [-0.4, -0.2) is 5.78 Å². The first-order valence-electron chi connectivity index (χ1n) is 6.45. The average Bonchev–Trinajstić information content (AvgIpc) is 2.38. The Morgan fingerprint density at radius 3 is 2.32 bits per heavy atom. The largest absolute Gasteiger partial charge is 0.289 e. The van der Waals surface area contributed by atoms with Crippen LogP contribution in [0.4, 0.5) is 4.39 Å². The summed E-state index contributed by atoms with van der Waals surface area (Å²) in [6, 6.07) is 13.3. The quantitative estimate of drug-likeness (QED) is 0.747. The van der Waals surface area contributed by atoms with Crippen molar-refractivity contribution >= 4 is 5.78 Å². The Labute approximate surface area is 113 Å². The zero-order chi connectivity index (χ0) is 13.8. The van der Waals surface area contributed by atoms with Crippen LogP contribution in [0, 0.1) is 11.7 Å². The predicted molar refractivity (Wildman–Crippen MR) is 74.8 cm³/mol. The smallest absolute Gasteiger partial charge is 0.193 e. The zero-order valence-electron chi connectivity index (χ0n) is 11.2. The van der Waals surface area contributed by atoms with E-state index in [1.54, 1.807) is 12.1 Å². The number of rotatable bonds is 4. The summed E-state index contributed by atoms with van der Waals surface area (Å²) < 4.78 is 13.1. The maximum Gasteiger partial charge on any atom is 0.193 e. The molecule has 0 spiro atoms. The summed E-state index contributed by atoms with van der Waals surface area (Å²) in [6.45, 7) is 4.32. The fourth-order valence-electron chi connectivity index (χ4n) is 2.06. The molecular formula is C17H17FO. The molecule has 0 saturated heterocycles. The number of carbonyl (C=O) groups excluding carboxylic acids is 1. The average molecular weight is 256 g/mol. The van der Waals surface area contributed by atoms with Gasteiger partial charge in [0.05, 0.1) is 0 Å². The van der Waals surface area contributed by atoms with Gasteiger partial charge in [0.2, 0.25) is 0 Å². The van der Waals surface area contributed by atoms with Crippen molar-refractivity contribution in [2.45, 2.75) is 20.3 Å². The van der Waals surface area contributed by atoms with Crippen LogP contribution in [0.15, 0.2) is 48.5 Å². The molecule has 2 heteroatoms. The van der Waals surface area contributed by atoms with Crippen LogP contribution < -0.4 is 0 Å². The van der Waals surface area contributed by atoms with Gasteiger partial charge in [-0.2, -0.15) is 0 Å². The first-order chi connectivity index (χ1) is 9.06. The van der Waals surface area contributed by atoms with Gasteiger partial charge in [-0.25, -0.2) is 4.39 Å². The van der Waals surface area contributed by atoms with Gasteiger partial charge in [-0.1, -0.05) is 50.2 Å². The van der Waals surface area contributed by atoms with Crippen LogP contribution in [0.2, 0.25) is 0 Å². The van der Waals surface area contributed by atoms with Crippen molar-refractivity contribution in [1.82, 2.24) is 0 Å². The number of halogens is 1. The summed E-state index contributed by atoms with van der Waals surface area (Å²) in [7, 11) is 0.